The Labute approximate surface area is 436 Å². The second-order valence-electron chi connectivity index (χ2n) is 18.5. The van der Waals surface area contributed by atoms with Gasteiger partial charge in [0.25, 0.3) is 16.0 Å². The van der Waals surface area contributed by atoms with Gasteiger partial charge in [-0.1, -0.05) is 78.7 Å². The van der Waals surface area contributed by atoms with E-state index in [-0.39, 0.29) is 6.42 Å². The summed E-state index contributed by atoms with van der Waals surface area (Å²) in [5, 5.41) is 47.6. The van der Waals surface area contributed by atoms with Gasteiger partial charge in [0.05, 0.1) is 26.2 Å². The predicted molar refractivity (Wildman–Crippen MR) is 266 cm³/mol. The molecule has 1 aliphatic rings. The van der Waals surface area contributed by atoms with Crippen molar-refractivity contribution < 1.29 is 85.8 Å². The van der Waals surface area contributed by atoms with Crippen LogP contribution in [0.4, 0.5) is 0 Å². The highest BCUT2D eigenvalue weighted by Crippen LogP contribution is 2.15. The van der Waals surface area contributed by atoms with Gasteiger partial charge >= 0.3 is 5.97 Å². The number of carbonyl (C=O) groups excluding carboxylic acids is 11. The van der Waals surface area contributed by atoms with Crippen LogP contribution in [0.3, 0.4) is 0 Å². The smallest absolute Gasteiger partial charge is 0.325 e. The molecule has 28 nitrogen and oxygen atoms in total. The molecule has 29 heteroatoms. The van der Waals surface area contributed by atoms with E-state index in [0.29, 0.717) is 23.7 Å². The highest BCUT2D eigenvalue weighted by molar-refractivity contribution is 7.85. The number of aliphatic hydroxyl groups excluding tert-OH is 3. The SMILES string of the molecule is CC=C1NC(=O)C(CN)NC(=O)C(CO)NC(=O)C(NC(=O)C(CS(=O)(=O)O)NC(=O)CC(=O)CCCCCCCCC(C)CC)C(C)OC(=O)CN(C)C(=O)C(CO)NC(=O)C(CO)NC(=O)C(C(C)C)NC1=O. The molecular formula is C46H78N10O18S. The first-order chi connectivity index (χ1) is 35.2. The number of carbonyl (C=O) groups is 11. The van der Waals surface area contributed by atoms with Crippen LogP contribution in [-0.4, -0.2) is 192 Å². The predicted octanol–water partition coefficient (Wildman–Crippen LogP) is -4.59. The quantitative estimate of drug-likeness (QED) is 0.0160. The number of ether oxygens (including phenoxy) is 1. The van der Waals surface area contributed by atoms with Gasteiger partial charge in [-0.25, -0.2) is 0 Å². The van der Waals surface area contributed by atoms with Gasteiger partial charge < -0.3 is 73.2 Å². The summed E-state index contributed by atoms with van der Waals surface area (Å²) in [4.78, 5) is 148. The summed E-state index contributed by atoms with van der Waals surface area (Å²) in [6.45, 7) is 4.62. The summed E-state index contributed by atoms with van der Waals surface area (Å²) < 4.78 is 39.3. The van der Waals surface area contributed by atoms with Crippen LogP contribution in [0, 0.1) is 11.8 Å². The average Bonchev–Trinajstić information content (AvgIpc) is 3.34. The van der Waals surface area contributed by atoms with E-state index in [0.717, 1.165) is 58.6 Å². The summed E-state index contributed by atoms with van der Waals surface area (Å²) in [6, 6.07) is -13.1. The van der Waals surface area contributed by atoms with Gasteiger partial charge in [0.2, 0.25) is 47.3 Å². The summed E-state index contributed by atoms with van der Waals surface area (Å²) in [7, 11) is -4.09. The fourth-order valence-corrected chi connectivity index (χ4v) is 7.90. The molecule has 0 aliphatic carbocycles. The van der Waals surface area contributed by atoms with Crippen LogP contribution in [0.1, 0.15) is 106 Å². The van der Waals surface area contributed by atoms with Gasteiger partial charge in [-0.15, -0.1) is 0 Å². The van der Waals surface area contributed by atoms with E-state index in [1.807, 2.05) is 5.32 Å². The number of cyclic esters (lactones) is 1. The number of hydrogen-bond donors (Lipinski definition) is 13. The Hall–Kier alpha value is -6.14. The monoisotopic (exact) mass is 1090 g/mol. The number of allylic oxidation sites excluding steroid dienone is 1. The van der Waals surface area contributed by atoms with Crippen LogP contribution >= 0.6 is 0 Å². The third-order valence-electron chi connectivity index (χ3n) is 11.9. The number of unbranched alkanes of at least 4 members (excludes halogenated alkanes) is 5. The number of esters is 1. The number of likely N-dealkylation sites (N-methyl/N-ethyl adjacent to an activating group) is 1. The lowest BCUT2D eigenvalue weighted by molar-refractivity contribution is -0.156. The van der Waals surface area contributed by atoms with E-state index >= 15 is 0 Å². The van der Waals surface area contributed by atoms with Crippen molar-refractivity contribution in [2.75, 3.05) is 45.7 Å². The number of amides is 9. The normalized spacial score (nSPS) is 24.0. The van der Waals surface area contributed by atoms with Crippen LogP contribution in [0.5, 0.6) is 0 Å². The Balaban J connectivity index is 3.62. The topological polar surface area (TPSA) is 438 Å². The second-order valence-corrected chi connectivity index (χ2v) is 20.0. The summed E-state index contributed by atoms with van der Waals surface area (Å²) in [5.41, 5.74) is 5.28. The summed E-state index contributed by atoms with van der Waals surface area (Å²) in [5.74, 6) is -14.4. The number of nitrogens with zero attached hydrogens (tertiary/aromatic N) is 1. The van der Waals surface area contributed by atoms with Crippen molar-refractivity contribution in [2.24, 2.45) is 17.6 Å². The lowest BCUT2D eigenvalue weighted by Gasteiger charge is -2.29. The lowest BCUT2D eigenvalue weighted by Crippen LogP contribution is -2.63. The standard InChI is InChI=1S/C46H78N10O18S/c1-8-26(5)16-14-12-10-11-13-15-17-28(60)18-35(61)48-34(24-75(71,72)73)43(67)55-38-27(6)74-36(62)20-56(7)46(70)33(23-59)53-42(66)32(22-58)51-44(68)37(25(3)4)54-39(63)29(9-2)49-40(64)30(19-47)50-41(65)31(21-57)52-45(38)69/h9,25-27,30-34,37-38,57-59H,8,10-24,47H2,1-7H3,(H,48,61)(H,49,64)(H,50,65)(H,51,68)(H,52,69)(H,53,66)(H,54,63)(H,55,67)(H,71,72,73). The number of Topliss-reactive ketones (excluding diaryl/α,β-unsaturated/α-hetero) is 1. The minimum Gasteiger partial charge on any atom is -0.459 e. The molecule has 1 rings (SSSR count). The fourth-order valence-electron chi connectivity index (χ4n) is 7.24. The molecule has 9 amide bonds. The van der Waals surface area contributed by atoms with Crippen molar-refractivity contribution in [1.29, 1.82) is 0 Å². The Bertz CT molecular complexity index is 2140. The molecule has 0 saturated carbocycles. The van der Waals surface area contributed by atoms with Crippen molar-refractivity contribution in [3.05, 3.63) is 11.8 Å². The Kier molecular flexibility index (Phi) is 30.1. The molecule has 0 radical (unpaired) electrons. The van der Waals surface area contributed by atoms with Gasteiger partial charge in [0.1, 0.15) is 72.2 Å². The lowest BCUT2D eigenvalue weighted by atomic mass is 9.99. The average molecular weight is 1090 g/mol. The maximum Gasteiger partial charge on any atom is 0.325 e. The maximum atomic E-state index is 14.0. The van der Waals surface area contributed by atoms with E-state index in [1.54, 1.807) is 0 Å². The molecule has 0 aromatic rings. The molecule has 9 unspecified atom stereocenters. The third-order valence-corrected chi connectivity index (χ3v) is 12.7. The number of ketones is 1. The maximum absolute atomic E-state index is 14.0. The molecule has 0 aromatic heterocycles. The number of rotatable bonds is 22. The zero-order valence-electron chi connectivity index (χ0n) is 43.6. The molecule has 0 spiro atoms. The second kappa shape index (κ2) is 33.7. The molecule has 75 heavy (non-hydrogen) atoms. The Morgan fingerprint density at radius 1 is 0.787 bits per heavy atom. The van der Waals surface area contributed by atoms with Crippen LogP contribution in [0.2, 0.25) is 0 Å². The molecule has 426 valence electrons. The first-order valence-corrected chi connectivity index (χ1v) is 26.3. The van der Waals surface area contributed by atoms with Crippen molar-refractivity contribution >= 4 is 75.0 Å². The minimum absolute atomic E-state index is 0.0103. The van der Waals surface area contributed by atoms with Crippen molar-refractivity contribution in [2.45, 2.75) is 154 Å². The Morgan fingerprint density at radius 3 is 1.84 bits per heavy atom. The van der Waals surface area contributed by atoms with E-state index in [2.05, 4.69) is 51.1 Å². The van der Waals surface area contributed by atoms with Crippen LogP contribution in [0.15, 0.2) is 11.8 Å². The molecule has 1 aliphatic heterocycles. The van der Waals surface area contributed by atoms with Crippen molar-refractivity contribution in [3.63, 3.8) is 0 Å². The Morgan fingerprint density at radius 2 is 1.32 bits per heavy atom. The van der Waals surface area contributed by atoms with Gasteiger partial charge in [-0.05, 0) is 32.1 Å². The molecule has 9 atom stereocenters. The number of nitrogens with one attached hydrogen (secondary N) is 8. The van der Waals surface area contributed by atoms with Gasteiger partial charge in [0, 0.05) is 20.0 Å². The minimum atomic E-state index is -5.11. The first-order valence-electron chi connectivity index (χ1n) is 24.7. The molecule has 1 fully saturated rings. The number of hydrogen-bond acceptors (Lipinski definition) is 18. The molecule has 14 N–H and O–H groups in total. The van der Waals surface area contributed by atoms with Gasteiger partial charge in [-0.2, -0.15) is 8.42 Å². The third kappa shape index (κ3) is 24.4. The van der Waals surface area contributed by atoms with Crippen LogP contribution in [0.25, 0.3) is 0 Å². The zero-order chi connectivity index (χ0) is 57.2. The van der Waals surface area contributed by atoms with Gasteiger partial charge in [-0.3, -0.25) is 57.3 Å². The fraction of sp³-hybridized carbons (Fsp3) is 0.717. The molecule has 0 aromatic carbocycles. The van der Waals surface area contributed by atoms with Crippen LogP contribution < -0.4 is 48.3 Å². The highest BCUT2D eigenvalue weighted by Gasteiger charge is 2.38. The van der Waals surface area contributed by atoms with Gasteiger partial charge in [0.15, 0.2) is 0 Å². The summed E-state index contributed by atoms with van der Waals surface area (Å²) >= 11 is 0. The number of nitrogens with two attached hydrogens (primary N) is 1. The molecule has 1 saturated heterocycles. The van der Waals surface area contributed by atoms with E-state index in [4.69, 9.17) is 10.5 Å². The van der Waals surface area contributed by atoms with Crippen LogP contribution in [-0.2, 0) is 67.6 Å². The zero-order valence-corrected chi connectivity index (χ0v) is 44.4. The summed E-state index contributed by atoms with van der Waals surface area (Å²) in [6.07, 6.45) is 5.79. The molecule has 0 bridgehead atoms. The molecule has 1 heterocycles. The van der Waals surface area contributed by atoms with E-state index in [9.17, 15) is 81.0 Å². The van der Waals surface area contributed by atoms with E-state index in [1.165, 1.54) is 20.8 Å². The largest absolute Gasteiger partial charge is 0.459 e. The van der Waals surface area contributed by atoms with Crippen molar-refractivity contribution in [3.8, 4) is 0 Å². The number of aliphatic hydroxyl groups is 3. The van der Waals surface area contributed by atoms with E-state index < -0.39 is 180 Å². The first kappa shape index (κ1) is 66.9. The van der Waals surface area contributed by atoms with Crippen molar-refractivity contribution in [1.82, 2.24) is 47.4 Å². The molecular weight excluding hydrogens is 1010 g/mol. The highest BCUT2D eigenvalue weighted by atomic mass is 32.2.